The Morgan fingerprint density at radius 1 is 1.14 bits per heavy atom. The summed E-state index contributed by atoms with van der Waals surface area (Å²) in [6.07, 6.45) is 4.09. The Labute approximate surface area is 211 Å². The van der Waals surface area contributed by atoms with Crippen molar-refractivity contribution in [1.82, 2.24) is 9.88 Å². The number of carbonyl (C=O) groups is 3. The van der Waals surface area contributed by atoms with E-state index in [0.29, 0.717) is 20.4 Å². The lowest BCUT2D eigenvalue weighted by Crippen LogP contribution is -2.31. The maximum absolute atomic E-state index is 13.5. The molecule has 7 nitrogen and oxygen atoms in total. The Morgan fingerprint density at radius 3 is 2.69 bits per heavy atom. The number of aromatic carboxylic acids is 1. The van der Waals surface area contributed by atoms with Crippen molar-refractivity contribution in [1.29, 1.82) is 0 Å². The number of nitrogens with zero attached hydrogens (tertiary/aromatic N) is 2. The van der Waals surface area contributed by atoms with Crippen molar-refractivity contribution in [2.24, 2.45) is 0 Å². The van der Waals surface area contributed by atoms with Crippen LogP contribution in [0.4, 0.5) is 14.5 Å². The normalized spacial score (nSPS) is 14.6. The molecule has 1 fully saturated rings. The van der Waals surface area contributed by atoms with Gasteiger partial charge in [-0.25, -0.2) is 13.6 Å². The van der Waals surface area contributed by atoms with Gasteiger partial charge in [0.15, 0.2) is 11.6 Å². The summed E-state index contributed by atoms with van der Waals surface area (Å²) >= 11 is 7.74. The number of anilines is 1. The fourth-order valence-corrected chi connectivity index (χ4v) is 5.36. The number of thiophene rings is 1. The summed E-state index contributed by atoms with van der Waals surface area (Å²) in [4.78, 5) is 42.3. The molecule has 0 spiro atoms. The maximum atomic E-state index is 13.5. The molecule has 0 radical (unpaired) electrons. The van der Waals surface area contributed by atoms with Gasteiger partial charge in [0.2, 0.25) is 5.91 Å². The first-order chi connectivity index (χ1) is 16.7. The topological polar surface area (TPSA) is 99.6 Å². The van der Waals surface area contributed by atoms with E-state index in [1.807, 2.05) is 0 Å². The lowest BCUT2D eigenvalue weighted by atomic mass is 10.1. The molecule has 1 aliphatic heterocycles. The van der Waals surface area contributed by atoms with Crippen LogP contribution in [0.5, 0.6) is 0 Å². The summed E-state index contributed by atoms with van der Waals surface area (Å²) in [5, 5.41) is 13.3. The van der Waals surface area contributed by atoms with E-state index >= 15 is 0 Å². The number of halogens is 2. The first-order valence-corrected chi connectivity index (χ1v) is 12.1. The molecule has 12 heteroatoms. The number of thiocarbonyl (C=S) groups is 1. The molecule has 0 bridgehead atoms. The van der Waals surface area contributed by atoms with Gasteiger partial charge >= 0.3 is 5.97 Å². The average Bonchev–Trinajstić information content (AvgIpc) is 3.39. The highest BCUT2D eigenvalue weighted by Gasteiger charge is 2.32. The third-order valence-electron chi connectivity index (χ3n) is 4.85. The number of hydrogen-bond acceptors (Lipinski definition) is 7. The van der Waals surface area contributed by atoms with E-state index in [1.54, 1.807) is 17.5 Å². The van der Waals surface area contributed by atoms with Crippen LogP contribution >= 0.6 is 35.3 Å². The number of carboxylic acids is 1. The molecular formula is C23H15F2N3O4S3. The smallest absolute Gasteiger partial charge is 0.337 e. The Morgan fingerprint density at radius 2 is 1.94 bits per heavy atom. The van der Waals surface area contributed by atoms with Gasteiger partial charge in [-0.2, -0.15) is 0 Å². The second kappa shape index (κ2) is 10.4. The molecule has 3 heterocycles. The number of carbonyl (C=O) groups excluding carboxylic acids is 2. The van der Waals surface area contributed by atoms with Gasteiger partial charge in [0.05, 0.1) is 22.4 Å². The van der Waals surface area contributed by atoms with Crippen LogP contribution in [0, 0.1) is 11.6 Å². The standard InChI is InChI=1S/C23H15F2N3O4S3/c24-17-2-1-12(7-18(17)25)14-6-16(34-11-14)8-19-21(30)28(23(33)35-19)4-3-20(29)27-15-5-13(22(31)32)9-26-10-15/h1-2,5-11H,3-4H2,(H,27,29)(H,31,32)/b19-8-. The first-order valence-electron chi connectivity index (χ1n) is 9.99. The number of hydrogen-bond donors (Lipinski definition) is 2. The third kappa shape index (κ3) is 5.78. The second-order valence-electron chi connectivity index (χ2n) is 7.27. The van der Waals surface area contributed by atoms with Gasteiger partial charge in [0.1, 0.15) is 4.32 Å². The molecule has 1 aromatic carbocycles. The van der Waals surface area contributed by atoms with E-state index in [-0.39, 0.29) is 30.1 Å². The van der Waals surface area contributed by atoms with Gasteiger partial charge in [-0.05, 0) is 46.8 Å². The van der Waals surface area contributed by atoms with Gasteiger partial charge in [-0.15, -0.1) is 11.3 Å². The molecular weight excluding hydrogens is 516 g/mol. The van der Waals surface area contributed by atoms with Crippen molar-refractivity contribution in [3.8, 4) is 11.1 Å². The van der Waals surface area contributed by atoms with Crippen LogP contribution in [-0.4, -0.2) is 43.6 Å². The zero-order valence-electron chi connectivity index (χ0n) is 17.7. The van der Waals surface area contributed by atoms with Crippen LogP contribution in [0.1, 0.15) is 21.7 Å². The van der Waals surface area contributed by atoms with Gasteiger partial charge in [0.25, 0.3) is 5.91 Å². The summed E-state index contributed by atoms with van der Waals surface area (Å²) in [7, 11) is 0. The molecule has 0 atom stereocenters. The van der Waals surface area contributed by atoms with Crippen molar-refractivity contribution in [3.05, 3.63) is 75.1 Å². The minimum atomic E-state index is -1.17. The number of aromatic nitrogens is 1. The summed E-state index contributed by atoms with van der Waals surface area (Å²) in [5.41, 5.74) is 1.37. The van der Waals surface area contributed by atoms with E-state index in [2.05, 4.69) is 10.3 Å². The number of thioether (sulfide) groups is 1. The molecule has 178 valence electrons. The largest absolute Gasteiger partial charge is 0.478 e. The van der Waals surface area contributed by atoms with Gasteiger partial charge < -0.3 is 10.4 Å². The number of pyridine rings is 1. The Balaban J connectivity index is 1.39. The van der Waals surface area contributed by atoms with Crippen molar-refractivity contribution >= 4 is 69.2 Å². The molecule has 0 saturated carbocycles. The molecule has 0 unspecified atom stereocenters. The molecule has 1 aliphatic rings. The van der Waals surface area contributed by atoms with E-state index in [4.69, 9.17) is 17.3 Å². The SMILES string of the molecule is O=C(CCN1C(=O)/C(=C/c2cc(-c3ccc(F)c(F)c3)cs2)SC1=S)Nc1cncc(C(=O)O)c1. The summed E-state index contributed by atoms with van der Waals surface area (Å²) in [5.74, 6) is -3.80. The van der Waals surface area contributed by atoms with Gasteiger partial charge in [-0.3, -0.25) is 19.5 Å². The summed E-state index contributed by atoms with van der Waals surface area (Å²) in [6.45, 7) is 0.0461. The number of rotatable bonds is 7. The minimum Gasteiger partial charge on any atom is -0.478 e. The van der Waals surface area contributed by atoms with Crippen LogP contribution in [0.25, 0.3) is 17.2 Å². The highest BCUT2D eigenvalue weighted by atomic mass is 32.2. The molecule has 0 aliphatic carbocycles. The fraction of sp³-hybridized carbons (Fsp3) is 0.0870. The first kappa shape index (κ1) is 24.6. The minimum absolute atomic E-state index is 0.0461. The number of nitrogens with one attached hydrogen (secondary N) is 1. The van der Waals surface area contributed by atoms with Gasteiger partial charge in [0, 0.05) is 24.0 Å². The lowest BCUT2D eigenvalue weighted by Gasteiger charge is -2.14. The predicted octanol–water partition coefficient (Wildman–Crippen LogP) is 5.02. The van der Waals surface area contributed by atoms with E-state index in [9.17, 15) is 23.2 Å². The number of benzene rings is 1. The Kier molecular flexibility index (Phi) is 7.34. The highest BCUT2D eigenvalue weighted by molar-refractivity contribution is 8.26. The van der Waals surface area contributed by atoms with Crippen LogP contribution < -0.4 is 5.32 Å². The van der Waals surface area contributed by atoms with Crippen molar-refractivity contribution in [2.75, 3.05) is 11.9 Å². The average molecular weight is 532 g/mol. The number of amides is 2. The molecule has 35 heavy (non-hydrogen) atoms. The van der Waals surface area contributed by atoms with Crippen molar-refractivity contribution in [2.45, 2.75) is 6.42 Å². The summed E-state index contributed by atoms with van der Waals surface area (Å²) < 4.78 is 27.0. The zero-order valence-corrected chi connectivity index (χ0v) is 20.1. The molecule has 3 aromatic rings. The maximum Gasteiger partial charge on any atom is 0.337 e. The fourth-order valence-electron chi connectivity index (χ4n) is 3.14. The van der Waals surface area contributed by atoms with Crippen LogP contribution in [0.3, 0.4) is 0 Å². The monoisotopic (exact) mass is 531 g/mol. The Bertz CT molecular complexity index is 1390. The van der Waals surface area contributed by atoms with Gasteiger partial charge in [-0.1, -0.05) is 30.0 Å². The van der Waals surface area contributed by atoms with Crippen LogP contribution in [0.15, 0.2) is 53.0 Å². The molecule has 4 rings (SSSR count). The highest BCUT2D eigenvalue weighted by Crippen LogP contribution is 2.35. The molecule has 2 N–H and O–H groups in total. The quantitative estimate of drug-likeness (QED) is 0.326. The molecule has 1 saturated heterocycles. The molecule has 2 amide bonds. The van der Waals surface area contributed by atoms with Crippen molar-refractivity contribution < 1.29 is 28.3 Å². The van der Waals surface area contributed by atoms with E-state index in [0.717, 1.165) is 28.8 Å². The third-order valence-corrected chi connectivity index (χ3v) is 7.11. The van der Waals surface area contributed by atoms with E-state index < -0.39 is 23.5 Å². The number of carboxylic acid groups (broad SMARTS) is 1. The summed E-state index contributed by atoms with van der Waals surface area (Å²) in [6, 6.07) is 6.69. The lowest BCUT2D eigenvalue weighted by molar-refractivity contribution is -0.122. The predicted molar refractivity (Wildman–Crippen MR) is 134 cm³/mol. The molecule has 2 aromatic heterocycles. The Hall–Kier alpha value is -3.48. The second-order valence-corrected chi connectivity index (χ2v) is 9.88. The van der Waals surface area contributed by atoms with Crippen molar-refractivity contribution in [3.63, 3.8) is 0 Å². The van der Waals surface area contributed by atoms with E-state index in [1.165, 1.54) is 40.8 Å². The zero-order chi connectivity index (χ0) is 25.1. The van der Waals surface area contributed by atoms with Crippen LogP contribution in [0.2, 0.25) is 0 Å². The van der Waals surface area contributed by atoms with Crippen LogP contribution in [-0.2, 0) is 9.59 Å².